The predicted octanol–water partition coefficient (Wildman–Crippen LogP) is 3.93. The molecule has 0 unspecified atom stereocenters. The maximum atomic E-state index is 13.9. The Balaban J connectivity index is 0.00000280. The van der Waals surface area contributed by atoms with Gasteiger partial charge in [-0.1, -0.05) is 28.1 Å². The molecule has 3 rings (SSSR count). The zero-order chi connectivity index (χ0) is 19.1. The van der Waals surface area contributed by atoms with E-state index >= 15 is 0 Å². The average molecular weight is 562 g/mol. The van der Waals surface area contributed by atoms with Crippen LogP contribution in [-0.2, 0) is 13.1 Å². The SMILES string of the molecule is CN=C(NCc1ccc(Br)cc1F)NC1CCN(Cc2ccccn2)CC1.I. The molecule has 1 fully saturated rings. The Kier molecular flexibility index (Phi) is 9.60. The highest BCUT2D eigenvalue weighted by atomic mass is 127. The third kappa shape index (κ3) is 6.97. The topological polar surface area (TPSA) is 52.6 Å². The minimum atomic E-state index is -0.227. The molecule has 0 spiro atoms. The van der Waals surface area contributed by atoms with Gasteiger partial charge < -0.3 is 10.6 Å². The first kappa shape index (κ1) is 23.0. The van der Waals surface area contributed by atoms with Crippen LogP contribution in [0.25, 0.3) is 0 Å². The molecule has 152 valence electrons. The van der Waals surface area contributed by atoms with Crippen molar-refractivity contribution < 1.29 is 4.39 Å². The summed E-state index contributed by atoms with van der Waals surface area (Å²) in [5.74, 6) is 0.482. The number of halogens is 3. The van der Waals surface area contributed by atoms with E-state index in [-0.39, 0.29) is 29.8 Å². The number of likely N-dealkylation sites (tertiary alicyclic amines) is 1. The van der Waals surface area contributed by atoms with Crippen LogP contribution in [0.3, 0.4) is 0 Å². The van der Waals surface area contributed by atoms with Crippen LogP contribution in [0.15, 0.2) is 52.1 Å². The van der Waals surface area contributed by atoms with Crippen molar-refractivity contribution in [2.75, 3.05) is 20.1 Å². The number of benzene rings is 1. The van der Waals surface area contributed by atoms with E-state index in [1.54, 1.807) is 13.1 Å². The minimum absolute atomic E-state index is 0. The highest BCUT2D eigenvalue weighted by Gasteiger charge is 2.20. The molecule has 28 heavy (non-hydrogen) atoms. The molecule has 0 atom stereocenters. The van der Waals surface area contributed by atoms with Gasteiger partial charge in [-0.25, -0.2) is 4.39 Å². The molecule has 2 aromatic rings. The lowest BCUT2D eigenvalue weighted by atomic mass is 10.0. The van der Waals surface area contributed by atoms with Crippen LogP contribution in [0.1, 0.15) is 24.1 Å². The summed E-state index contributed by atoms with van der Waals surface area (Å²) in [5, 5.41) is 6.66. The molecule has 1 aliphatic rings. The fraction of sp³-hybridized carbons (Fsp3) is 0.400. The summed E-state index contributed by atoms with van der Waals surface area (Å²) < 4.78 is 14.7. The van der Waals surface area contributed by atoms with Crippen molar-refractivity contribution in [3.8, 4) is 0 Å². The number of hydrogen-bond donors (Lipinski definition) is 2. The van der Waals surface area contributed by atoms with E-state index in [9.17, 15) is 4.39 Å². The number of nitrogens with zero attached hydrogens (tertiary/aromatic N) is 3. The van der Waals surface area contributed by atoms with E-state index in [1.807, 2.05) is 24.4 Å². The van der Waals surface area contributed by atoms with E-state index < -0.39 is 0 Å². The van der Waals surface area contributed by atoms with Crippen molar-refractivity contribution in [2.45, 2.75) is 32.0 Å². The second-order valence-corrected chi connectivity index (χ2v) is 7.59. The molecule has 1 aromatic heterocycles. The Labute approximate surface area is 191 Å². The van der Waals surface area contributed by atoms with Crippen LogP contribution in [0.5, 0.6) is 0 Å². The molecule has 0 bridgehead atoms. The van der Waals surface area contributed by atoms with Gasteiger partial charge in [0.15, 0.2) is 5.96 Å². The molecule has 5 nitrogen and oxygen atoms in total. The number of nitrogens with one attached hydrogen (secondary N) is 2. The van der Waals surface area contributed by atoms with Gasteiger partial charge in [0, 0.05) is 55.5 Å². The van der Waals surface area contributed by atoms with Gasteiger partial charge in [-0.05, 0) is 37.1 Å². The summed E-state index contributed by atoms with van der Waals surface area (Å²) >= 11 is 3.28. The smallest absolute Gasteiger partial charge is 0.191 e. The number of aromatic nitrogens is 1. The van der Waals surface area contributed by atoms with Crippen LogP contribution >= 0.6 is 39.9 Å². The maximum absolute atomic E-state index is 13.9. The van der Waals surface area contributed by atoms with E-state index in [4.69, 9.17) is 0 Å². The fourth-order valence-electron chi connectivity index (χ4n) is 3.19. The maximum Gasteiger partial charge on any atom is 0.191 e. The summed E-state index contributed by atoms with van der Waals surface area (Å²) in [5.41, 5.74) is 1.73. The predicted molar refractivity (Wildman–Crippen MR) is 125 cm³/mol. The molecule has 0 aliphatic carbocycles. The van der Waals surface area contributed by atoms with Crippen LogP contribution in [-0.4, -0.2) is 42.0 Å². The molecule has 1 aliphatic heterocycles. The molecule has 0 saturated carbocycles. The fourth-order valence-corrected chi connectivity index (χ4v) is 3.52. The molecular formula is C20H26BrFIN5. The quantitative estimate of drug-likeness (QED) is 0.330. The summed E-state index contributed by atoms with van der Waals surface area (Å²) in [7, 11) is 1.74. The molecule has 1 saturated heterocycles. The van der Waals surface area contributed by atoms with Gasteiger partial charge in [0.2, 0.25) is 0 Å². The first-order valence-corrected chi connectivity index (χ1v) is 9.96. The zero-order valence-corrected chi connectivity index (χ0v) is 19.8. The van der Waals surface area contributed by atoms with Gasteiger partial charge in [-0.3, -0.25) is 14.9 Å². The highest BCUT2D eigenvalue weighted by molar-refractivity contribution is 14.0. The lowest BCUT2D eigenvalue weighted by Gasteiger charge is -2.32. The van der Waals surface area contributed by atoms with Crippen LogP contribution in [0, 0.1) is 5.82 Å². The van der Waals surface area contributed by atoms with Crippen LogP contribution in [0.2, 0.25) is 0 Å². The first-order valence-electron chi connectivity index (χ1n) is 9.17. The van der Waals surface area contributed by atoms with E-state index in [0.717, 1.165) is 42.6 Å². The average Bonchev–Trinajstić information content (AvgIpc) is 2.68. The molecular weight excluding hydrogens is 536 g/mol. The van der Waals surface area contributed by atoms with Gasteiger partial charge in [-0.2, -0.15) is 0 Å². The summed E-state index contributed by atoms with van der Waals surface area (Å²) in [6.45, 7) is 3.33. The Hall–Kier alpha value is -1.26. The van der Waals surface area contributed by atoms with Crippen molar-refractivity contribution in [3.05, 3.63) is 64.1 Å². The van der Waals surface area contributed by atoms with Gasteiger partial charge in [-0.15, -0.1) is 24.0 Å². The second kappa shape index (κ2) is 11.7. The number of rotatable bonds is 5. The molecule has 2 N–H and O–H groups in total. The standard InChI is InChI=1S/C20H25BrFN5.HI/c1-23-20(25-13-15-5-6-16(21)12-19(15)22)26-17-7-10-27(11-8-17)14-18-4-2-3-9-24-18;/h2-6,9,12,17H,7-8,10-11,13-14H2,1H3,(H2,23,25,26);1H. The third-order valence-electron chi connectivity index (χ3n) is 4.73. The monoisotopic (exact) mass is 561 g/mol. The Morgan fingerprint density at radius 2 is 2.07 bits per heavy atom. The number of piperidine rings is 1. The molecule has 1 aromatic carbocycles. The van der Waals surface area contributed by atoms with E-state index in [1.165, 1.54) is 6.07 Å². The van der Waals surface area contributed by atoms with Gasteiger partial charge >= 0.3 is 0 Å². The minimum Gasteiger partial charge on any atom is -0.354 e. The molecule has 0 amide bonds. The zero-order valence-electron chi connectivity index (χ0n) is 15.9. The van der Waals surface area contributed by atoms with Crippen molar-refractivity contribution in [2.24, 2.45) is 4.99 Å². The van der Waals surface area contributed by atoms with Crippen molar-refractivity contribution in [1.82, 2.24) is 20.5 Å². The largest absolute Gasteiger partial charge is 0.354 e. The van der Waals surface area contributed by atoms with Gasteiger partial charge in [0.1, 0.15) is 5.82 Å². The molecule has 2 heterocycles. The lowest BCUT2D eigenvalue weighted by molar-refractivity contribution is 0.196. The summed E-state index contributed by atoms with van der Waals surface area (Å²) in [6.07, 6.45) is 3.92. The third-order valence-corrected chi connectivity index (χ3v) is 5.22. The van der Waals surface area contributed by atoms with Gasteiger partial charge in [0.05, 0.1) is 5.69 Å². The summed E-state index contributed by atoms with van der Waals surface area (Å²) in [4.78, 5) is 11.1. The van der Waals surface area contributed by atoms with Gasteiger partial charge in [0.25, 0.3) is 0 Å². The van der Waals surface area contributed by atoms with Crippen molar-refractivity contribution >= 4 is 45.9 Å². The van der Waals surface area contributed by atoms with Crippen molar-refractivity contribution in [1.29, 1.82) is 0 Å². The first-order chi connectivity index (χ1) is 13.1. The number of guanidine groups is 1. The Bertz CT molecular complexity index is 766. The lowest BCUT2D eigenvalue weighted by Crippen LogP contribution is -2.48. The summed E-state index contributed by atoms with van der Waals surface area (Å²) in [6, 6.07) is 11.5. The normalized spacial score (nSPS) is 15.8. The number of pyridine rings is 1. The highest BCUT2D eigenvalue weighted by Crippen LogP contribution is 2.15. The van der Waals surface area contributed by atoms with Crippen LogP contribution < -0.4 is 10.6 Å². The Morgan fingerprint density at radius 3 is 2.71 bits per heavy atom. The second-order valence-electron chi connectivity index (χ2n) is 6.68. The van der Waals surface area contributed by atoms with E-state index in [2.05, 4.69) is 47.5 Å². The number of aliphatic imine (C=N–C) groups is 1. The van der Waals surface area contributed by atoms with Crippen LogP contribution in [0.4, 0.5) is 4.39 Å². The number of hydrogen-bond acceptors (Lipinski definition) is 3. The molecule has 8 heteroatoms. The van der Waals surface area contributed by atoms with E-state index in [0.29, 0.717) is 24.1 Å². The Morgan fingerprint density at radius 1 is 1.29 bits per heavy atom. The van der Waals surface area contributed by atoms with Crippen molar-refractivity contribution in [3.63, 3.8) is 0 Å². The molecule has 0 radical (unpaired) electrons.